The molecule has 7 nitrogen and oxygen atoms in total. The minimum Gasteiger partial charge on any atom is -0.356 e. The Morgan fingerprint density at radius 1 is 1.27 bits per heavy atom. The first-order valence-corrected chi connectivity index (χ1v) is 11.8. The number of amides is 1. The molecular weight excluding hydrogens is 398 g/mol. The molecule has 0 aromatic heterocycles. The Morgan fingerprint density at radius 2 is 1.97 bits per heavy atom. The van der Waals surface area contributed by atoms with E-state index in [9.17, 15) is 9.70 Å². The number of nitrogens with one attached hydrogen (secondary N) is 2. The minimum absolute atomic E-state index is 0.0330. The van der Waals surface area contributed by atoms with Gasteiger partial charge < -0.3 is 5.32 Å². The highest BCUT2D eigenvalue weighted by Crippen LogP contribution is 2.49. The zero-order valence-corrected chi connectivity index (χ0v) is 19.1. The molecule has 2 fully saturated rings. The molecule has 6 unspecified atom stereocenters. The normalized spacial score (nSPS) is 35.8. The molecule has 162 valence electrons. The number of hydrogen-bond acceptors (Lipinski definition) is 5. The third-order valence-electron chi connectivity index (χ3n) is 6.71. The summed E-state index contributed by atoms with van der Waals surface area (Å²) in [6.07, 6.45) is -0.344. The van der Waals surface area contributed by atoms with Crippen LogP contribution in [0.25, 0.3) is 0 Å². The number of nitrogens with zero attached hydrogens (tertiary/aromatic N) is 3. The number of aryl methyl sites for hydroxylation is 1. The molecule has 7 atom stereocenters. The summed E-state index contributed by atoms with van der Waals surface area (Å²) < 4.78 is 0. The number of aliphatic imine (C=N–C) groups is 1. The van der Waals surface area contributed by atoms with Gasteiger partial charge in [-0.05, 0) is 25.3 Å². The Morgan fingerprint density at radius 3 is 2.63 bits per heavy atom. The third-order valence-corrected chi connectivity index (χ3v) is 8.39. The summed E-state index contributed by atoms with van der Waals surface area (Å²) >= 11 is 1.92. The van der Waals surface area contributed by atoms with E-state index in [2.05, 4.69) is 60.7 Å². The molecule has 0 bridgehead atoms. The average Bonchev–Trinajstić information content (AvgIpc) is 3.11. The van der Waals surface area contributed by atoms with E-state index in [-0.39, 0.29) is 42.0 Å². The maximum absolute atomic E-state index is 12.6. The second kappa shape index (κ2) is 8.30. The van der Waals surface area contributed by atoms with Crippen LogP contribution in [0.15, 0.2) is 29.3 Å². The van der Waals surface area contributed by atoms with Crippen molar-refractivity contribution >= 4 is 23.4 Å². The van der Waals surface area contributed by atoms with Crippen LogP contribution in [0.4, 0.5) is 0 Å². The fourth-order valence-corrected chi connectivity index (χ4v) is 6.73. The second-order valence-electron chi connectivity index (χ2n) is 8.70. The maximum Gasteiger partial charge on any atom is 0.289 e. The molecule has 1 amide bonds. The first kappa shape index (κ1) is 21.3. The van der Waals surface area contributed by atoms with Crippen LogP contribution in [0.5, 0.6) is 0 Å². The maximum atomic E-state index is 12.6. The highest BCUT2D eigenvalue weighted by atomic mass is 32.2. The molecule has 3 aliphatic heterocycles. The van der Waals surface area contributed by atoms with Crippen molar-refractivity contribution < 1.29 is 9.66 Å². The molecule has 8 heteroatoms. The SMILES string of the molecule is CCNC(=O)C[C@@H]1N=C(c2ccc(C)cc2)C2C(C)C(C)SC2N2C1N[N+](=O)C2C. The van der Waals surface area contributed by atoms with Gasteiger partial charge in [-0.15, -0.1) is 17.2 Å². The number of nitroso groups, excluding NO2 is 1. The largest absolute Gasteiger partial charge is 0.356 e. The monoisotopic (exact) mass is 430 g/mol. The lowest BCUT2D eigenvalue weighted by molar-refractivity contribution is -0.626. The highest BCUT2D eigenvalue weighted by Gasteiger charge is 2.58. The summed E-state index contributed by atoms with van der Waals surface area (Å²) in [5.74, 6) is 0.580. The molecule has 0 spiro atoms. The molecule has 2 N–H and O–H groups in total. The first-order valence-electron chi connectivity index (χ1n) is 10.9. The van der Waals surface area contributed by atoms with Crippen molar-refractivity contribution in [3.05, 3.63) is 40.3 Å². The minimum atomic E-state index is -0.331. The van der Waals surface area contributed by atoms with E-state index in [1.807, 2.05) is 25.6 Å². The highest BCUT2D eigenvalue weighted by molar-refractivity contribution is 8.00. The van der Waals surface area contributed by atoms with E-state index in [0.29, 0.717) is 17.7 Å². The van der Waals surface area contributed by atoms with Crippen LogP contribution in [0.2, 0.25) is 0 Å². The Labute approximate surface area is 182 Å². The Kier molecular flexibility index (Phi) is 5.90. The Balaban J connectivity index is 1.82. The molecule has 30 heavy (non-hydrogen) atoms. The molecule has 0 radical (unpaired) electrons. The van der Waals surface area contributed by atoms with E-state index in [0.717, 1.165) is 16.1 Å². The van der Waals surface area contributed by atoms with Crippen molar-refractivity contribution in [2.24, 2.45) is 16.8 Å². The summed E-state index contributed by atoms with van der Waals surface area (Å²) in [4.78, 5) is 33.5. The number of benzene rings is 1. The zero-order chi connectivity index (χ0) is 21.6. The van der Waals surface area contributed by atoms with Gasteiger partial charge in [-0.25, -0.2) is 0 Å². The van der Waals surface area contributed by atoms with E-state index < -0.39 is 0 Å². The van der Waals surface area contributed by atoms with E-state index in [1.54, 1.807) is 0 Å². The number of carbonyl (C=O) groups excluding carboxylic acids is 1. The van der Waals surface area contributed by atoms with Crippen LogP contribution in [-0.4, -0.2) is 56.9 Å². The quantitative estimate of drug-likeness (QED) is 0.719. The lowest BCUT2D eigenvalue weighted by Crippen LogP contribution is -2.51. The van der Waals surface area contributed by atoms with Crippen molar-refractivity contribution in [3.8, 4) is 0 Å². The van der Waals surface area contributed by atoms with Gasteiger partial charge in [0, 0.05) is 30.3 Å². The Hall–Kier alpha value is -1.93. The van der Waals surface area contributed by atoms with Gasteiger partial charge in [0.05, 0.1) is 22.7 Å². The van der Waals surface area contributed by atoms with Crippen LogP contribution in [-0.2, 0) is 4.79 Å². The number of thioether (sulfide) groups is 1. The van der Waals surface area contributed by atoms with Gasteiger partial charge in [0.1, 0.15) is 4.87 Å². The molecule has 1 aromatic rings. The molecule has 0 saturated carbocycles. The van der Waals surface area contributed by atoms with Gasteiger partial charge in [-0.1, -0.05) is 43.7 Å². The molecular formula is C22H32N5O2S+. The van der Waals surface area contributed by atoms with E-state index >= 15 is 0 Å². The number of fused-ring (bicyclic) bond motifs is 3. The van der Waals surface area contributed by atoms with Crippen molar-refractivity contribution in [1.29, 1.82) is 0 Å². The summed E-state index contributed by atoms with van der Waals surface area (Å²) in [7, 11) is 0. The summed E-state index contributed by atoms with van der Waals surface area (Å²) in [6.45, 7) is 11.1. The molecule has 3 heterocycles. The zero-order valence-electron chi connectivity index (χ0n) is 18.3. The van der Waals surface area contributed by atoms with Crippen LogP contribution in [0.3, 0.4) is 0 Å². The molecule has 4 rings (SSSR count). The fraction of sp³-hybridized carbons (Fsp3) is 0.636. The van der Waals surface area contributed by atoms with Crippen LogP contribution in [0, 0.1) is 23.7 Å². The van der Waals surface area contributed by atoms with Crippen molar-refractivity contribution in [2.75, 3.05) is 6.54 Å². The predicted molar refractivity (Wildman–Crippen MR) is 120 cm³/mol. The van der Waals surface area contributed by atoms with Gasteiger partial charge >= 0.3 is 0 Å². The van der Waals surface area contributed by atoms with Gasteiger partial charge in [0.15, 0.2) is 6.17 Å². The first-order chi connectivity index (χ1) is 14.3. The van der Waals surface area contributed by atoms with E-state index in [4.69, 9.17) is 4.99 Å². The van der Waals surface area contributed by atoms with Crippen molar-refractivity contribution in [2.45, 2.75) is 70.0 Å². The lowest BCUT2D eigenvalue weighted by Gasteiger charge is -2.30. The summed E-state index contributed by atoms with van der Waals surface area (Å²) in [6, 6.07) is 8.19. The van der Waals surface area contributed by atoms with Crippen LogP contribution < -0.4 is 10.7 Å². The summed E-state index contributed by atoms with van der Waals surface area (Å²) in [5, 5.41) is 3.49. The number of carbonyl (C=O) groups is 1. The Bertz CT molecular complexity index is 858. The molecule has 0 aliphatic carbocycles. The van der Waals surface area contributed by atoms with Crippen LogP contribution >= 0.6 is 11.8 Å². The van der Waals surface area contributed by atoms with Gasteiger partial charge in [-0.3, -0.25) is 9.79 Å². The number of hydrazine groups is 1. The smallest absolute Gasteiger partial charge is 0.289 e. The second-order valence-corrected chi connectivity index (χ2v) is 10.2. The lowest BCUT2D eigenvalue weighted by atomic mass is 9.84. The summed E-state index contributed by atoms with van der Waals surface area (Å²) in [5.41, 5.74) is 6.47. The topological polar surface area (TPSA) is 76.8 Å². The molecule has 1 aromatic carbocycles. The van der Waals surface area contributed by atoms with Gasteiger partial charge in [0.25, 0.3) is 6.17 Å². The average molecular weight is 431 g/mol. The fourth-order valence-electron chi connectivity index (χ4n) is 4.88. The van der Waals surface area contributed by atoms with Gasteiger partial charge in [0.2, 0.25) is 5.91 Å². The third kappa shape index (κ3) is 3.64. The predicted octanol–water partition coefficient (Wildman–Crippen LogP) is 2.68. The van der Waals surface area contributed by atoms with E-state index in [1.165, 1.54) is 5.56 Å². The van der Waals surface area contributed by atoms with Gasteiger partial charge in [-0.2, -0.15) is 4.90 Å². The number of rotatable bonds is 4. The molecule has 3 aliphatic rings. The van der Waals surface area contributed by atoms with Crippen LogP contribution in [0.1, 0.15) is 45.2 Å². The molecule has 2 saturated heterocycles. The van der Waals surface area contributed by atoms with Crippen molar-refractivity contribution in [3.63, 3.8) is 0 Å². The number of hydrogen-bond donors (Lipinski definition) is 2. The van der Waals surface area contributed by atoms with Crippen molar-refractivity contribution in [1.82, 2.24) is 15.6 Å². The standard InChI is InChI=1S/C22H31N5O2S/c1-6-23-18(28)11-17-21-25-27(29)15(5)26(21)22-19(13(3)14(4)30-22)20(24-17)16-9-7-12(2)8-10-16/h7-10,13-15,17,19,21-22H,6,11H2,1-5H3,(H-,23,25,28,29)/p+1/t13?,14?,15?,17-,19?,21?,22?/m0/s1.